The molecule has 1 amide bonds. The number of thiocarbonyl (C=S) groups is 1. The maximum Gasteiger partial charge on any atom is 0.325 e. The zero-order valence-electron chi connectivity index (χ0n) is 19.3. The number of amides is 1. The summed E-state index contributed by atoms with van der Waals surface area (Å²) in [5.74, 6) is -2.80. The number of carbonyl (C=O) groups excluding carboxylic acids is 4. The summed E-state index contributed by atoms with van der Waals surface area (Å²) in [6.45, 7) is 0.237. The van der Waals surface area contributed by atoms with Crippen molar-refractivity contribution < 1.29 is 33.4 Å². The van der Waals surface area contributed by atoms with Gasteiger partial charge in [0.25, 0.3) is 17.0 Å². The first-order valence-electron chi connectivity index (χ1n) is 9.96. The number of thioether (sulfide) groups is 1. The Morgan fingerprint density at radius 1 is 0.833 bits per heavy atom. The van der Waals surface area contributed by atoms with E-state index >= 15 is 0 Å². The lowest BCUT2D eigenvalue weighted by Crippen LogP contribution is -2.36. The highest BCUT2D eigenvalue weighted by molar-refractivity contribution is 8.30. The lowest BCUT2D eigenvalue weighted by atomic mass is 10.4. The molecular weight excluding hydrogens is 555 g/mol. The third-order valence-electron chi connectivity index (χ3n) is 4.84. The van der Waals surface area contributed by atoms with Crippen molar-refractivity contribution in [3.63, 3.8) is 0 Å². The van der Waals surface area contributed by atoms with E-state index in [9.17, 15) is 28.8 Å². The summed E-state index contributed by atoms with van der Waals surface area (Å²) in [5.41, 5.74) is -1.18. The Morgan fingerprint density at radius 2 is 1.36 bits per heavy atom. The Balaban J connectivity index is 2.44. The van der Waals surface area contributed by atoms with Crippen LogP contribution >= 0.6 is 46.7 Å². The summed E-state index contributed by atoms with van der Waals surface area (Å²) in [5, 5.41) is 0. The van der Waals surface area contributed by atoms with Crippen LogP contribution in [0.15, 0.2) is 9.59 Å². The largest absolute Gasteiger partial charge is 0.468 e. The second-order valence-corrected chi connectivity index (χ2v) is 10.6. The molecule has 0 atom stereocenters. The Morgan fingerprint density at radius 3 is 1.89 bits per heavy atom. The normalized spacial score (nSPS) is 16.4. The summed E-state index contributed by atoms with van der Waals surface area (Å²) < 4.78 is 16.7. The fourth-order valence-electron chi connectivity index (χ4n) is 3.02. The first kappa shape index (κ1) is 27.5. The standard InChI is InChI=1S/C20H19N3O9S4/c1-5-9-15(27)21(6-10(24)30-2)18(34-9)13-16(28)22(7-11(25)31-3)19(35-13)14-17(29)23(20(33)36-14)8-12(26)32-4/h5H,6-8H2,1-4H3/b9-5?,18-13-,19-14?. The minimum absolute atomic E-state index is 0.0156. The van der Waals surface area contributed by atoms with E-state index in [1.165, 1.54) is 14.2 Å². The van der Waals surface area contributed by atoms with Gasteiger partial charge in [-0.05, 0) is 6.92 Å². The second-order valence-electron chi connectivity index (χ2n) is 6.90. The molecule has 3 heterocycles. The predicted molar refractivity (Wildman–Crippen MR) is 136 cm³/mol. The summed E-state index contributed by atoms with van der Waals surface area (Å²) in [4.78, 5) is 76.3. The van der Waals surface area contributed by atoms with Crippen molar-refractivity contribution in [1.82, 2.24) is 14.0 Å². The first-order valence-corrected chi connectivity index (χ1v) is 12.8. The van der Waals surface area contributed by atoms with E-state index in [1.54, 1.807) is 13.0 Å². The predicted octanol–water partition coefficient (Wildman–Crippen LogP) is -1.29. The van der Waals surface area contributed by atoms with Gasteiger partial charge in [-0.15, -0.1) is 22.7 Å². The van der Waals surface area contributed by atoms with Crippen LogP contribution in [0.3, 0.4) is 0 Å². The molecule has 0 bridgehead atoms. The Hall–Kier alpha value is -3.08. The Bertz CT molecular complexity index is 1610. The first-order chi connectivity index (χ1) is 17.1. The van der Waals surface area contributed by atoms with Crippen LogP contribution in [0.4, 0.5) is 0 Å². The number of hydrogen-bond acceptors (Lipinski definition) is 13. The zero-order valence-corrected chi connectivity index (χ0v) is 22.6. The highest BCUT2D eigenvalue weighted by Gasteiger charge is 2.36. The lowest BCUT2D eigenvalue weighted by molar-refractivity contribution is -0.143. The number of thiazole rings is 2. The van der Waals surface area contributed by atoms with Crippen LogP contribution in [0.25, 0.3) is 11.0 Å². The van der Waals surface area contributed by atoms with Gasteiger partial charge in [-0.3, -0.25) is 42.8 Å². The van der Waals surface area contributed by atoms with Crippen LogP contribution in [0.5, 0.6) is 0 Å². The van der Waals surface area contributed by atoms with Gasteiger partial charge in [0.1, 0.15) is 42.7 Å². The summed E-state index contributed by atoms with van der Waals surface area (Å²) >= 11 is 7.91. The van der Waals surface area contributed by atoms with E-state index < -0.39 is 54.6 Å². The molecule has 0 radical (unpaired) electrons. The van der Waals surface area contributed by atoms with Crippen LogP contribution in [0, 0.1) is 9.20 Å². The van der Waals surface area contributed by atoms with E-state index in [4.69, 9.17) is 17.0 Å². The van der Waals surface area contributed by atoms with Gasteiger partial charge >= 0.3 is 17.9 Å². The van der Waals surface area contributed by atoms with Crippen molar-refractivity contribution in [2.24, 2.45) is 0 Å². The maximum atomic E-state index is 13.5. The molecule has 16 heteroatoms. The molecule has 0 aliphatic carbocycles. The highest BCUT2D eigenvalue weighted by atomic mass is 32.2. The highest BCUT2D eigenvalue weighted by Crippen LogP contribution is 2.31. The van der Waals surface area contributed by atoms with Crippen molar-refractivity contribution >= 4 is 85.8 Å². The smallest absolute Gasteiger partial charge is 0.325 e. The van der Waals surface area contributed by atoms with Gasteiger partial charge in [-0.1, -0.05) is 30.1 Å². The van der Waals surface area contributed by atoms with E-state index in [-0.39, 0.29) is 27.6 Å². The third-order valence-corrected chi connectivity index (χ3v) is 8.97. The van der Waals surface area contributed by atoms with Crippen LogP contribution in [-0.4, -0.2) is 70.0 Å². The van der Waals surface area contributed by atoms with Gasteiger partial charge in [-0.2, -0.15) is 0 Å². The molecule has 1 aliphatic rings. The molecule has 1 fully saturated rings. The average molecular weight is 574 g/mol. The molecule has 0 unspecified atom stereocenters. The zero-order chi connectivity index (χ0) is 26.7. The van der Waals surface area contributed by atoms with Crippen molar-refractivity contribution in [3.8, 4) is 0 Å². The molecular formula is C20H19N3O9S4. The average Bonchev–Trinajstić information content (AvgIpc) is 3.45. The lowest BCUT2D eigenvalue weighted by Gasteiger charge is -2.11. The summed E-state index contributed by atoms with van der Waals surface area (Å²) in [7, 11) is 3.48. The molecule has 1 saturated heterocycles. The van der Waals surface area contributed by atoms with Crippen molar-refractivity contribution in [2.45, 2.75) is 20.0 Å². The minimum Gasteiger partial charge on any atom is -0.468 e. The van der Waals surface area contributed by atoms with E-state index in [0.717, 1.165) is 55.6 Å². The van der Waals surface area contributed by atoms with Crippen LogP contribution < -0.4 is 20.3 Å². The number of rotatable bonds is 6. The molecule has 192 valence electrons. The Labute approximate surface area is 219 Å². The number of carbonyl (C=O) groups is 4. The van der Waals surface area contributed by atoms with Crippen LogP contribution in [0.2, 0.25) is 0 Å². The number of aromatic nitrogens is 2. The second kappa shape index (κ2) is 11.3. The number of ether oxygens (including phenoxy) is 3. The molecule has 36 heavy (non-hydrogen) atoms. The number of methoxy groups -OCH3 is 3. The fourth-order valence-corrected chi connectivity index (χ4v) is 6.74. The molecule has 2 aromatic rings. The van der Waals surface area contributed by atoms with E-state index in [1.807, 2.05) is 0 Å². The molecule has 0 N–H and O–H groups in total. The minimum atomic E-state index is -0.756. The number of esters is 3. The summed E-state index contributed by atoms with van der Waals surface area (Å²) in [6.07, 6.45) is 1.54. The van der Waals surface area contributed by atoms with Crippen LogP contribution in [-0.2, 0) is 46.5 Å². The SMILES string of the molecule is CC=c1s/c(=c2\sc(=C3SC(=S)N(CC(=O)OC)C3=O)n(CC(=O)OC)c2=O)n(CC(=O)OC)c1=O. The van der Waals surface area contributed by atoms with Crippen molar-refractivity contribution in [3.05, 3.63) is 39.1 Å². The molecule has 0 saturated carbocycles. The molecule has 0 aromatic carbocycles. The van der Waals surface area contributed by atoms with Gasteiger partial charge in [0.05, 0.1) is 25.9 Å². The number of hydrogen-bond donors (Lipinski definition) is 0. The van der Waals surface area contributed by atoms with E-state index in [0.29, 0.717) is 0 Å². The van der Waals surface area contributed by atoms with Gasteiger partial charge in [0.2, 0.25) is 0 Å². The summed E-state index contributed by atoms with van der Waals surface area (Å²) in [6, 6.07) is 0. The third kappa shape index (κ3) is 5.21. The van der Waals surface area contributed by atoms with E-state index in [2.05, 4.69) is 9.47 Å². The van der Waals surface area contributed by atoms with Crippen molar-refractivity contribution in [2.75, 3.05) is 27.9 Å². The van der Waals surface area contributed by atoms with Gasteiger partial charge in [0.15, 0.2) is 0 Å². The fraction of sp³-hybridized carbons (Fsp3) is 0.350. The van der Waals surface area contributed by atoms with Crippen molar-refractivity contribution in [1.29, 1.82) is 0 Å². The quantitative estimate of drug-likeness (QED) is 0.231. The molecule has 2 aromatic heterocycles. The Kier molecular flexibility index (Phi) is 8.65. The molecule has 3 rings (SSSR count). The van der Waals surface area contributed by atoms with Gasteiger partial charge in [0, 0.05) is 0 Å². The van der Waals surface area contributed by atoms with Gasteiger partial charge in [-0.25, -0.2) is 0 Å². The van der Waals surface area contributed by atoms with Gasteiger partial charge < -0.3 is 14.2 Å². The topological polar surface area (TPSA) is 143 Å². The molecule has 0 spiro atoms. The van der Waals surface area contributed by atoms with Crippen LogP contribution in [0.1, 0.15) is 6.92 Å². The maximum absolute atomic E-state index is 13.5. The number of nitrogens with zero attached hydrogens (tertiary/aromatic N) is 3. The molecule has 12 nitrogen and oxygen atoms in total. The molecule has 1 aliphatic heterocycles. The monoisotopic (exact) mass is 573 g/mol.